The molecule has 0 bridgehead atoms. The van der Waals surface area contributed by atoms with Gasteiger partial charge in [-0.25, -0.2) is 0 Å². The van der Waals surface area contributed by atoms with Crippen LogP contribution < -0.4 is 0 Å². The monoisotopic (exact) mass is 457 g/mol. The van der Waals surface area contributed by atoms with E-state index in [1.165, 1.54) is 11.8 Å². The van der Waals surface area contributed by atoms with Gasteiger partial charge in [-0.1, -0.05) is 47.3 Å². The highest BCUT2D eigenvalue weighted by Gasteiger charge is 2.18. The summed E-state index contributed by atoms with van der Waals surface area (Å²) in [6, 6.07) is 17.1. The molecular weight excluding hydrogens is 434 g/mol. The highest BCUT2D eigenvalue weighted by molar-refractivity contribution is 8.13. The summed E-state index contributed by atoms with van der Waals surface area (Å²) in [5.74, 6) is 2.09. The minimum absolute atomic E-state index is 0.276. The molecule has 0 fully saturated rings. The van der Waals surface area contributed by atoms with Crippen LogP contribution in [-0.4, -0.2) is 41.8 Å². The van der Waals surface area contributed by atoms with Crippen LogP contribution in [0.25, 0.3) is 11.4 Å². The summed E-state index contributed by atoms with van der Waals surface area (Å²) >= 11 is 1.40. The normalized spacial score (nSPS) is 10.7. The Morgan fingerprint density at radius 1 is 0.909 bits per heavy atom. The van der Waals surface area contributed by atoms with E-state index in [-0.39, 0.29) is 5.84 Å². The summed E-state index contributed by atoms with van der Waals surface area (Å²) in [5.41, 5.74) is 2.62. The van der Waals surface area contributed by atoms with Gasteiger partial charge in [0.1, 0.15) is 5.84 Å². The second-order valence-electron chi connectivity index (χ2n) is 7.16. The predicted octanol–water partition coefficient (Wildman–Crippen LogP) is 4.65. The molecule has 0 aliphatic heterocycles. The van der Waals surface area contributed by atoms with E-state index in [4.69, 9.17) is 15.3 Å². The van der Waals surface area contributed by atoms with Crippen LogP contribution >= 0.6 is 11.8 Å². The Hall–Kier alpha value is -3.85. The molecule has 9 heteroatoms. The van der Waals surface area contributed by atoms with Crippen molar-refractivity contribution in [1.82, 2.24) is 25.0 Å². The first-order chi connectivity index (χ1) is 16.2. The highest BCUT2D eigenvalue weighted by atomic mass is 32.2. The molecule has 3 aromatic heterocycles. The number of aromatic nitrogens is 4. The average molecular weight is 458 g/mol. The third-order valence-electron chi connectivity index (χ3n) is 4.83. The fourth-order valence-corrected chi connectivity index (χ4v) is 3.92. The molecule has 166 valence electrons. The molecule has 8 nitrogen and oxygen atoms in total. The summed E-state index contributed by atoms with van der Waals surface area (Å²) in [6.45, 7) is 0.451. The van der Waals surface area contributed by atoms with Crippen LogP contribution in [0.1, 0.15) is 23.4 Å². The van der Waals surface area contributed by atoms with Crippen molar-refractivity contribution in [2.24, 2.45) is 0 Å². The zero-order valence-corrected chi connectivity index (χ0v) is 18.7. The quantitative estimate of drug-likeness (QED) is 0.225. The number of amidine groups is 2. The van der Waals surface area contributed by atoms with Crippen molar-refractivity contribution in [2.45, 2.75) is 19.4 Å². The molecule has 0 atom stereocenters. The largest absolute Gasteiger partial charge is 0.339 e. The maximum Gasteiger partial charge on any atom is 0.226 e. The molecule has 0 spiro atoms. The Morgan fingerprint density at radius 2 is 1.61 bits per heavy atom. The lowest BCUT2D eigenvalue weighted by atomic mass is 10.2. The number of nitrogens with one attached hydrogen (secondary N) is 2. The number of nitrogens with zero attached hydrogens (tertiary/aromatic N) is 5. The molecule has 0 saturated carbocycles. The van der Waals surface area contributed by atoms with E-state index in [2.05, 4.69) is 20.1 Å². The number of hydrogen-bond acceptors (Lipinski definition) is 8. The number of hydrogen-bond donors (Lipinski definition) is 2. The second-order valence-corrected chi connectivity index (χ2v) is 8.24. The Balaban J connectivity index is 1.35. The van der Waals surface area contributed by atoms with Crippen molar-refractivity contribution in [1.29, 1.82) is 10.8 Å². The van der Waals surface area contributed by atoms with Gasteiger partial charge in [-0.3, -0.25) is 20.8 Å². The summed E-state index contributed by atoms with van der Waals surface area (Å²) in [6.07, 6.45) is 8.10. The number of pyridine rings is 2. The van der Waals surface area contributed by atoms with Crippen LogP contribution in [0.2, 0.25) is 0 Å². The molecular formula is C24H23N7OS. The third kappa shape index (κ3) is 6.11. The third-order valence-corrected chi connectivity index (χ3v) is 5.82. The zero-order valence-electron chi connectivity index (χ0n) is 17.9. The molecule has 0 radical (unpaired) electrons. The van der Waals surface area contributed by atoms with Crippen LogP contribution in [0.15, 0.2) is 83.9 Å². The molecule has 2 N–H and O–H groups in total. The van der Waals surface area contributed by atoms with Gasteiger partial charge in [0.05, 0.1) is 6.54 Å². The van der Waals surface area contributed by atoms with Gasteiger partial charge < -0.3 is 9.42 Å². The first-order valence-electron chi connectivity index (χ1n) is 10.5. The van der Waals surface area contributed by atoms with Crippen molar-refractivity contribution in [3.63, 3.8) is 0 Å². The standard InChI is InChI=1S/C24H23N7OS/c25-22(19-8-12-27-13-9-19)31(17-18-5-2-1-3-6-18)24(26)33-16-4-7-21-29-23(30-32-21)20-10-14-28-15-11-20/h1-3,5-6,8-15,25-26H,4,7,16-17H2. The summed E-state index contributed by atoms with van der Waals surface area (Å²) in [4.78, 5) is 14.2. The lowest BCUT2D eigenvalue weighted by Crippen LogP contribution is -2.34. The van der Waals surface area contributed by atoms with Gasteiger partial charge in [-0.2, -0.15) is 4.98 Å². The van der Waals surface area contributed by atoms with Crippen LogP contribution in [0, 0.1) is 10.8 Å². The molecule has 0 aliphatic carbocycles. The van der Waals surface area contributed by atoms with Crippen molar-refractivity contribution in [3.05, 3.63) is 96.4 Å². The van der Waals surface area contributed by atoms with Gasteiger partial charge in [0.15, 0.2) is 5.17 Å². The van der Waals surface area contributed by atoms with Crippen molar-refractivity contribution >= 4 is 22.8 Å². The topological polar surface area (TPSA) is 116 Å². The van der Waals surface area contributed by atoms with Gasteiger partial charge in [0.2, 0.25) is 11.7 Å². The fraction of sp³-hybridized carbons (Fsp3) is 0.167. The van der Waals surface area contributed by atoms with Gasteiger partial charge in [0, 0.05) is 48.1 Å². The van der Waals surface area contributed by atoms with Gasteiger partial charge in [0.25, 0.3) is 0 Å². The van der Waals surface area contributed by atoms with Crippen LogP contribution in [-0.2, 0) is 13.0 Å². The average Bonchev–Trinajstić information content (AvgIpc) is 3.35. The molecule has 3 heterocycles. The SMILES string of the molecule is N=C(SCCCc1nc(-c2ccncc2)no1)N(Cc1ccccc1)C(=N)c1ccncc1. The van der Waals surface area contributed by atoms with E-state index in [9.17, 15) is 0 Å². The number of rotatable bonds is 8. The van der Waals surface area contributed by atoms with E-state index in [0.717, 1.165) is 23.1 Å². The molecule has 0 amide bonds. The summed E-state index contributed by atoms with van der Waals surface area (Å²) < 4.78 is 5.35. The number of thioether (sulfide) groups is 1. The number of aryl methyl sites for hydroxylation is 1. The minimum atomic E-state index is 0.276. The van der Waals surface area contributed by atoms with Gasteiger partial charge in [-0.15, -0.1) is 0 Å². The molecule has 4 aromatic rings. The van der Waals surface area contributed by atoms with Crippen LogP contribution in [0.3, 0.4) is 0 Å². The van der Waals surface area contributed by atoms with Crippen molar-refractivity contribution in [3.8, 4) is 11.4 Å². The molecule has 0 unspecified atom stereocenters. The van der Waals surface area contributed by atoms with Gasteiger partial charge >= 0.3 is 0 Å². The molecule has 4 rings (SSSR count). The van der Waals surface area contributed by atoms with E-state index in [1.54, 1.807) is 41.8 Å². The Labute approximate surface area is 196 Å². The van der Waals surface area contributed by atoms with E-state index in [0.29, 0.717) is 35.6 Å². The predicted molar refractivity (Wildman–Crippen MR) is 129 cm³/mol. The Morgan fingerprint density at radius 3 is 2.33 bits per heavy atom. The zero-order chi connectivity index (χ0) is 22.9. The minimum Gasteiger partial charge on any atom is -0.339 e. The van der Waals surface area contributed by atoms with E-state index < -0.39 is 0 Å². The van der Waals surface area contributed by atoms with Crippen molar-refractivity contribution < 1.29 is 4.52 Å². The lowest BCUT2D eigenvalue weighted by Gasteiger charge is -2.25. The molecule has 33 heavy (non-hydrogen) atoms. The second kappa shape index (κ2) is 11.1. The van der Waals surface area contributed by atoms with Crippen LogP contribution in [0.5, 0.6) is 0 Å². The molecule has 0 aliphatic rings. The van der Waals surface area contributed by atoms with Gasteiger partial charge in [-0.05, 0) is 36.2 Å². The Kier molecular flexibility index (Phi) is 7.55. The van der Waals surface area contributed by atoms with Crippen LogP contribution in [0.4, 0.5) is 0 Å². The first kappa shape index (κ1) is 22.3. The molecule has 1 aromatic carbocycles. The lowest BCUT2D eigenvalue weighted by molar-refractivity contribution is 0.378. The smallest absolute Gasteiger partial charge is 0.226 e. The summed E-state index contributed by atoms with van der Waals surface area (Å²) in [5, 5.41) is 21.7. The van der Waals surface area contributed by atoms with E-state index >= 15 is 0 Å². The first-order valence-corrected chi connectivity index (χ1v) is 11.4. The highest BCUT2D eigenvalue weighted by Crippen LogP contribution is 2.18. The van der Waals surface area contributed by atoms with Crippen molar-refractivity contribution in [2.75, 3.05) is 5.75 Å². The Bertz CT molecular complexity index is 1180. The van der Waals surface area contributed by atoms with E-state index in [1.807, 2.05) is 42.5 Å². The summed E-state index contributed by atoms with van der Waals surface area (Å²) in [7, 11) is 0. The maximum atomic E-state index is 8.67. The fourth-order valence-electron chi connectivity index (χ4n) is 3.13. The number of benzene rings is 1. The maximum absolute atomic E-state index is 8.67. The molecule has 0 saturated heterocycles.